The maximum atomic E-state index is 12.6. The molecule has 2 fully saturated rings. The molecule has 0 aromatic heterocycles. The summed E-state index contributed by atoms with van der Waals surface area (Å²) in [4.78, 5) is 40.3. The standard InChI is InChI=1S/C22H28ClN3O4S/c1-13-9-10-26(12-16(13)25(5)21(29)30-22(2,3)4)18-14(7-6-8-15(18)23)11-17-19(27)24-20(28)31-17/h6-8,11,13,16H,9-10,12H2,1-5H3,(H,24,27,28)/b17-11+. The molecule has 0 spiro atoms. The first kappa shape index (κ1) is 23.5. The highest BCUT2D eigenvalue weighted by Crippen LogP contribution is 2.37. The molecular formula is C22H28ClN3O4S. The van der Waals surface area contributed by atoms with Gasteiger partial charge in [0.25, 0.3) is 11.1 Å². The van der Waals surface area contributed by atoms with Crippen LogP contribution in [0.2, 0.25) is 5.02 Å². The molecule has 7 nitrogen and oxygen atoms in total. The van der Waals surface area contributed by atoms with Gasteiger partial charge in [0.05, 0.1) is 21.7 Å². The molecule has 2 heterocycles. The summed E-state index contributed by atoms with van der Waals surface area (Å²) in [6.07, 6.45) is 2.20. The summed E-state index contributed by atoms with van der Waals surface area (Å²) in [6, 6.07) is 5.42. The Labute approximate surface area is 192 Å². The van der Waals surface area contributed by atoms with Crippen molar-refractivity contribution in [1.29, 1.82) is 0 Å². The fourth-order valence-electron chi connectivity index (χ4n) is 3.77. The van der Waals surface area contributed by atoms with Gasteiger partial charge in [-0.2, -0.15) is 0 Å². The van der Waals surface area contributed by atoms with Gasteiger partial charge in [0.2, 0.25) is 0 Å². The number of anilines is 1. The minimum Gasteiger partial charge on any atom is -0.444 e. The first-order chi connectivity index (χ1) is 14.5. The third-order valence-corrected chi connectivity index (χ3v) is 6.48. The van der Waals surface area contributed by atoms with Gasteiger partial charge in [-0.1, -0.05) is 30.7 Å². The van der Waals surface area contributed by atoms with E-state index in [2.05, 4.69) is 17.1 Å². The van der Waals surface area contributed by atoms with Gasteiger partial charge < -0.3 is 14.5 Å². The molecule has 2 unspecified atom stereocenters. The second kappa shape index (κ2) is 9.12. The molecule has 0 aliphatic carbocycles. The van der Waals surface area contributed by atoms with Gasteiger partial charge in [0.15, 0.2) is 0 Å². The Bertz CT molecular complexity index is 928. The molecule has 2 atom stereocenters. The van der Waals surface area contributed by atoms with Gasteiger partial charge in [-0.15, -0.1) is 0 Å². The highest BCUT2D eigenvalue weighted by atomic mass is 35.5. The van der Waals surface area contributed by atoms with E-state index in [0.717, 1.165) is 36.0 Å². The van der Waals surface area contributed by atoms with E-state index in [1.165, 1.54) is 0 Å². The van der Waals surface area contributed by atoms with Crippen LogP contribution in [0.1, 0.15) is 39.7 Å². The molecule has 2 saturated heterocycles. The number of benzene rings is 1. The number of halogens is 1. The number of hydrogen-bond donors (Lipinski definition) is 1. The third kappa shape index (κ3) is 5.54. The van der Waals surface area contributed by atoms with Crippen molar-refractivity contribution in [1.82, 2.24) is 10.2 Å². The van der Waals surface area contributed by atoms with Crippen LogP contribution in [0.15, 0.2) is 23.1 Å². The van der Waals surface area contributed by atoms with Crippen LogP contribution in [0.3, 0.4) is 0 Å². The van der Waals surface area contributed by atoms with Crippen LogP contribution >= 0.6 is 23.4 Å². The number of thioether (sulfide) groups is 1. The molecular weight excluding hydrogens is 438 g/mol. The van der Waals surface area contributed by atoms with E-state index in [1.807, 2.05) is 32.9 Å². The molecule has 168 valence electrons. The van der Waals surface area contributed by atoms with Crippen molar-refractivity contribution in [2.45, 2.75) is 45.8 Å². The molecule has 2 aliphatic heterocycles. The average molecular weight is 466 g/mol. The summed E-state index contributed by atoms with van der Waals surface area (Å²) >= 11 is 7.45. The van der Waals surface area contributed by atoms with Gasteiger partial charge in [0, 0.05) is 25.7 Å². The number of nitrogens with zero attached hydrogens (tertiary/aromatic N) is 2. The molecule has 1 aromatic carbocycles. The average Bonchev–Trinajstić information content (AvgIpc) is 2.97. The van der Waals surface area contributed by atoms with E-state index in [1.54, 1.807) is 24.1 Å². The van der Waals surface area contributed by atoms with Crippen LogP contribution in [0.4, 0.5) is 15.3 Å². The van der Waals surface area contributed by atoms with Gasteiger partial charge in [0.1, 0.15) is 5.60 Å². The Hall–Kier alpha value is -2.19. The fourth-order valence-corrected chi connectivity index (χ4v) is 4.74. The monoisotopic (exact) mass is 465 g/mol. The number of hydrogen-bond acceptors (Lipinski definition) is 6. The van der Waals surface area contributed by atoms with Gasteiger partial charge in [-0.05, 0) is 57.0 Å². The summed E-state index contributed by atoms with van der Waals surface area (Å²) in [6.45, 7) is 9.01. The van der Waals surface area contributed by atoms with E-state index in [9.17, 15) is 14.4 Å². The zero-order chi connectivity index (χ0) is 22.9. The lowest BCUT2D eigenvalue weighted by atomic mass is 9.91. The summed E-state index contributed by atoms with van der Waals surface area (Å²) in [5.74, 6) is -0.123. The lowest BCUT2D eigenvalue weighted by Gasteiger charge is -2.43. The number of likely N-dealkylation sites (N-methyl/N-ethyl adjacent to an activating group) is 1. The molecule has 3 amide bonds. The molecule has 1 aromatic rings. The molecule has 2 aliphatic rings. The number of imide groups is 1. The van der Waals surface area contributed by atoms with E-state index in [-0.39, 0.29) is 23.3 Å². The van der Waals surface area contributed by atoms with Gasteiger partial charge in [-0.25, -0.2) is 4.79 Å². The Morgan fingerprint density at radius 1 is 1.35 bits per heavy atom. The Kier molecular flexibility index (Phi) is 6.91. The van der Waals surface area contributed by atoms with Crippen LogP contribution in [0.5, 0.6) is 0 Å². The van der Waals surface area contributed by atoms with Crippen LogP contribution in [0.25, 0.3) is 6.08 Å². The fraction of sp³-hybridized carbons (Fsp3) is 0.500. The van der Waals surface area contributed by atoms with Crippen molar-refractivity contribution in [3.05, 3.63) is 33.7 Å². The minimum absolute atomic E-state index is 0.0638. The number of nitrogens with one attached hydrogen (secondary N) is 1. The second-order valence-electron chi connectivity index (χ2n) is 8.90. The molecule has 3 rings (SSSR count). The normalized spacial score (nSPS) is 23.2. The number of para-hydroxylation sites is 1. The van der Waals surface area contributed by atoms with E-state index in [4.69, 9.17) is 16.3 Å². The lowest BCUT2D eigenvalue weighted by Crippen LogP contribution is -2.53. The summed E-state index contributed by atoms with van der Waals surface area (Å²) in [5, 5.41) is 2.44. The SMILES string of the molecule is CC1CCN(c2c(Cl)cccc2/C=C2/SC(=O)NC2=O)CC1N(C)C(=O)OC(C)(C)C. The highest BCUT2D eigenvalue weighted by molar-refractivity contribution is 8.18. The molecule has 0 bridgehead atoms. The number of ether oxygens (including phenoxy) is 1. The number of amides is 3. The van der Waals surface area contributed by atoms with Crippen molar-refractivity contribution < 1.29 is 19.1 Å². The summed E-state index contributed by atoms with van der Waals surface area (Å²) in [7, 11) is 1.76. The lowest BCUT2D eigenvalue weighted by molar-refractivity contribution is -0.115. The Morgan fingerprint density at radius 3 is 2.68 bits per heavy atom. The molecule has 31 heavy (non-hydrogen) atoms. The zero-order valence-corrected chi connectivity index (χ0v) is 20.0. The van der Waals surface area contributed by atoms with E-state index in [0.29, 0.717) is 16.5 Å². The Morgan fingerprint density at radius 2 is 2.06 bits per heavy atom. The number of carbonyl (C=O) groups excluding carboxylic acids is 3. The van der Waals surface area contributed by atoms with Crippen molar-refractivity contribution >= 4 is 52.4 Å². The largest absolute Gasteiger partial charge is 0.444 e. The summed E-state index contributed by atoms with van der Waals surface area (Å²) < 4.78 is 5.55. The topological polar surface area (TPSA) is 79.0 Å². The smallest absolute Gasteiger partial charge is 0.410 e. The van der Waals surface area contributed by atoms with E-state index >= 15 is 0 Å². The van der Waals surface area contributed by atoms with Crippen molar-refractivity contribution in [2.24, 2.45) is 5.92 Å². The molecule has 1 N–H and O–H groups in total. The Balaban J connectivity index is 1.88. The molecule has 9 heteroatoms. The predicted molar refractivity (Wildman–Crippen MR) is 124 cm³/mol. The summed E-state index contributed by atoms with van der Waals surface area (Å²) in [5.41, 5.74) is 0.981. The van der Waals surface area contributed by atoms with Crippen molar-refractivity contribution in [2.75, 3.05) is 25.0 Å². The molecule has 0 radical (unpaired) electrons. The minimum atomic E-state index is -0.567. The maximum absolute atomic E-state index is 12.6. The quantitative estimate of drug-likeness (QED) is 0.649. The molecule has 0 saturated carbocycles. The number of piperidine rings is 1. The number of carbonyl (C=O) groups is 3. The van der Waals surface area contributed by atoms with Crippen LogP contribution in [0, 0.1) is 5.92 Å². The second-order valence-corrected chi connectivity index (χ2v) is 10.3. The van der Waals surface area contributed by atoms with Gasteiger partial charge in [-0.3, -0.25) is 14.9 Å². The number of rotatable bonds is 3. The highest BCUT2D eigenvalue weighted by Gasteiger charge is 2.35. The van der Waals surface area contributed by atoms with Gasteiger partial charge >= 0.3 is 6.09 Å². The first-order valence-electron chi connectivity index (χ1n) is 10.2. The van der Waals surface area contributed by atoms with Crippen LogP contribution < -0.4 is 10.2 Å². The third-order valence-electron chi connectivity index (χ3n) is 5.36. The van der Waals surface area contributed by atoms with Crippen molar-refractivity contribution in [3.8, 4) is 0 Å². The van der Waals surface area contributed by atoms with Crippen molar-refractivity contribution in [3.63, 3.8) is 0 Å². The first-order valence-corrected chi connectivity index (χ1v) is 11.4. The zero-order valence-electron chi connectivity index (χ0n) is 18.4. The van der Waals surface area contributed by atoms with Crippen LogP contribution in [-0.2, 0) is 9.53 Å². The maximum Gasteiger partial charge on any atom is 0.410 e. The van der Waals surface area contributed by atoms with E-state index < -0.39 is 11.5 Å². The predicted octanol–water partition coefficient (Wildman–Crippen LogP) is 4.75. The van der Waals surface area contributed by atoms with Crippen LogP contribution in [-0.4, -0.2) is 53.9 Å².